The lowest BCUT2D eigenvalue weighted by Gasteiger charge is -2.42. The molecule has 0 radical (unpaired) electrons. The molecule has 0 saturated heterocycles. The molecule has 49 heavy (non-hydrogen) atoms. The molecule has 238 valence electrons. The largest absolute Gasteiger partial charge is 0.309 e. The lowest BCUT2D eigenvalue weighted by molar-refractivity contribution is 0.334. The van der Waals surface area contributed by atoms with Gasteiger partial charge in [0, 0.05) is 32.8 Å². The number of para-hydroxylation sites is 1. The summed E-state index contributed by atoms with van der Waals surface area (Å²) in [7, 11) is 0. The first-order chi connectivity index (χ1) is 23.8. The third-order valence-electron chi connectivity index (χ3n) is 10.7. The fourth-order valence-electron chi connectivity index (χ4n) is 8.01. The van der Waals surface area contributed by atoms with Crippen molar-refractivity contribution in [1.29, 1.82) is 0 Å². The number of fused-ring (bicyclic) bond motifs is 6. The van der Waals surface area contributed by atoms with Crippen molar-refractivity contribution in [2.45, 2.75) is 51.4 Å². The van der Waals surface area contributed by atoms with Crippen LogP contribution in [0.5, 0.6) is 0 Å². The van der Waals surface area contributed by atoms with Crippen molar-refractivity contribution in [1.82, 2.24) is 19.5 Å². The first-order valence-electron chi connectivity index (χ1n) is 17.3. The molecule has 9 rings (SSSR count). The summed E-state index contributed by atoms with van der Waals surface area (Å²) in [6.07, 6.45) is 2.38. The van der Waals surface area contributed by atoms with Crippen LogP contribution in [0.2, 0.25) is 0 Å². The number of nitrogens with zero attached hydrogens (tertiary/aromatic N) is 4. The normalized spacial score (nSPS) is 15.1. The van der Waals surface area contributed by atoms with Crippen LogP contribution in [-0.4, -0.2) is 19.5 Å². The van der Waals surface area contributed by atoms with Gasteiger partial charge in [0.1, 0.15) is 0 Å². The Balaban J connectivity index is 1.25. The molecule has 0 aliphatic heterocycles. The minimum atomic E-state index is 0.0920. The average Bonchev–Trinajstić information content (AvgIpc) is 3.47. The van der Waals surface area contributed by atoms with Gasteiger partial charge in [0.2, 0.25) is 0 Å². The second-order valence-electron chi connectivity index (χ2n) is 14.8. The Morgan fingerprint density at radius 3 is 1.80 bits per heavy atom. The number of hydrogen-bond acceptors (Lipinski definition) is 3. The summed E-state index contributed by atoms with van der Waals surface area (Å²) >= 11 is 0. The molecule has 4 nitrogen and oxygen atoms in total. The Morgan fingerprint density at radius 2 is 1.10 bits per heavy atom. The van der Waals surface area contributed by atoms with Crippen molar-refractivity contribution in [2.24, 2.45) is 0 Å². The molecular weight excluding hydrogens is 597 g/mol. The van der Waals surface area contributed by atoms with Crippen LogP contribution in [0.15, 0.2) is 133 Å². The molecule has 0 fully saturated rings. The van der Waals surface area contributed by atoms with E-state index in [-0.39, 0.29) is 10.8 Å². The van der Waals surface area contributed by atoms with Gasteiger partial charge in [0.05, 0.1) is 16.7 Å². The summed E-state index contributed by atoms with van der Waals surface area (Å²) in [6.45, 7) is 9.68. The predicted octanol–water partition coefficient (Wildman–Crippen LogP) is 11.5. The summed E-state index contributed by atoms with van der Waals surface area (Å²) in [5.74, 6) is 1.99. The van der Waals surface area contributed by atoms with E-state index in [1.807, 2.05) is 60.7 Å². The molecule has 6 aromatic carbocycles. The Labute approximate surface area is 287 Å². The van der Waals surface area contributed by atoms with Crippen molar-refractivity contribution < 1.29 is 0 Å². The topological polar surface area (TPSA) is 43.6 Å². The molecule has 4 heteroatoms. The molecule has 1 aliphatic carbocycles. The molecule has 0 amide bonds. The summed E-state index contributed by atoms with van der Waals surface area (Å²) in [5.41, 5.74) is 9.80. The van der Waals surface area contributed by atoms with E-state index in [0.29, 0.717) is 17.5 Å². The van der Waals surface area contributed by atoms with Crippen LogP contribution in [0.3, 0.4) is 0 Å². The SMILES string of the molecule is CC1(C)CCC(C)(C)c2c1ccc1c2c2ccccc2n1-c1cccc2cc(-c3nc(-c4ccccc4)nc(-c4ccccc4)n3)ccc12. The molecule has 2 heterocycles. The standard InChI is InChI=1S/C45H38N4/c1-44(2)26-27-45(3,4)40-35(44)24-25-38-39(40)34-19-11-12-20-37(34)49(38)36-21-13-18-31-28-32(22-23-33(31)36)43-47-41(29-14-7-5-8-15-29)46-42(48-43)30-16-9-6-10-17-30/h5-25,28H,26-27H2,1-4H3. The van der Waals surface area contributed by atoms with Crippen molar-refractivity contribution in [2.75, 3.05) is 0 Å². The van der Waals surface area contributed by atoms with E-state index in [4.69, 9.17) is 15.0 Å². The maximum atomic E-state index is 5.00. The van der Waals surface area contributed by atoms with E-state index in [0.717, 1.165) is 22.1 Å². The van der Waals surface area contributed by atoms with Gasteiger partial charge in [-0.1, -0.05) is 137 Å². The van der Waals surface area contributed by atoms with Crippen LogP contribution < -0.4 is 0 Å². The van der Waals surface area contributed by atoms with Gasteiger partial charge in [-0.2, -0.15) is 0 Å². The maximum Gasteiger partial charge on any atom is 0.164 e. The quantitative estimate of drug-likeness (QED) is 0.193. The van der Waals surface area contributed by atoms with Gasteiger partial charge in [-0.15, -0.1) is 0 Å². The molecule has 0 bridgehead atoms. The molecule has 2 aromatic heterocycles. The molecule has 0 N–H and O–H groups in total. The van der Waals surface area contributed by atoms with Crippen LogP contribution in [0.25, 0.3) is 72.4 Å². The highest BCUT2D eigenvalue weighted by Gasteiger charge is 2.39. The van der Waals surface area contributed by atoms with E-state index in [1.165, 1.54) is 56.8 Å². The van der Waals surface area contributed by atoms with Gasteiger partial charge in [0.25, 0.3) is 0 Å². The van der Waals surface area contributed by atoms with Gasteiger partial charge >= 0.3 is 0 Å². The van der Waals surface area contributed by atoms with Crippen molar-refractivity contribution in [3.8, 4) is 39.9 Å². The van der Waals surface area contributed by atoms with Gasteiger partial charge in [-0.25, -0.2) is 15.0 Å². The minimum Gasteiger partial charge on any atom is -0.309 e. The lowest BCUT2D eigenvalue weighted by Crippen LogP contribution is -2.34. The van der Waals surface area contributed by atoms with Crippen LogP contribution in [-0.2, 0) is 10.8 Å². The zero-order valence-corrected chi connectivity index (χ0v) is 28.4. The molecule has 0 saturated carbocycles. The molecular formula is C45H38N4. The zero-order chi connectivity index (χ0) is 33.3. The average molecular weight is 635 g/mol. The Morgan fingerprint density at radius 1 is 0.490 bits per heavy atom. The maximum absolute atomic E-state index is 5.00. The van der Waals surface area contributed by atoms with E-state index >= 15 is 0 Å². The van der Waals surface area contributed by atoms with Gasteiger partial charge < -0.3 is 4.57 Å². The summed E-state index contributed by atoms with van der Waals surface area (Å²) < 4.78 is 2.48. The highest BCUT2D eigenvalue weighted by atomic mass is 15.0. The number of benzene rings is 6. The highest BCUT2D eigenvalue weighted by Crippen LogP contribution is 2.51. The summed E-state index contributed by atoms with van der Waals surface area (Å²) in [6, 6.07) is 47.2. The molecule has 0 unspecified atom stereocenters. The second kappa shape index (κ2) is 11.0. The molecule has 0 spiro atoms. The van der Waals surface area contributed by atoms with E-state index in [9.17, 15) is 0 Å². The van der Waals surface area contributed by atoms with Crippen LogP contribution >= 0.6 is 0 Å². The van der Waals surface area contributed by atoms with E-state index in [2.05, 4.69) is 105 Å². The molecule has 8 aromatic rings. The fourth-order valence-corrected chi connectivity index (χ4v) is 8.01. The second-order valence-corrected chi connectivity index (χ2v) is 14.8. The fraction of sp³-hybridized carbons (Fsp3) is 0.178. The first kappa shape index (κ1) is 29.5. The lowest BCUT2D eigenvalue weighted by atomic mass is 9.62. The first-order valence-corrected chi connectivity index (χ1v) is 17.3. The van der Waals surface area contributed by atoms with Gasteiger partial charge in [0.15, 0.2) is 17.5 Å². The predicted molar refractivity (Wildman–Crippen MR) is 203 cm³/mol. The Hall–Kier alpha value is -5.61. The van der Waals surface area contributed by atoms with Crippen LogP contribution in [0, 0.1) is 0 Å². The Kier molecular flexibility index (Phi) is 6.61. The highest BCUT2D eigenvalue weighted by molar-refractivity contribution is 6.13. The molecule has 1 aliphatic rings. The van der Waals surface area contributed by atoms with Crippen molar-refractivity contribution in [3.63, 3.8) is 0 Å². The number of hydrogen-bond donors (Lipinski definition) is 0. The smallest absolute Gasteiger partial charge is 0.164 e. The summed E-state index contributed by atoms with van der Waals surface area (Å²) in [4.78, 5) is 14.9. The van der Waals surface area contributed by atoms with E-state index in [1.54, 1.807) is 0 Å². The van der Waals surface area contributed by atoms with Crippen molar-refractivity contribution >= 4 is 32.6 Å². The zero-order valence-electron chi connectivity index (χ0n) is 28.4. The third-order valence-corrected chi connectivity index (χ3v) is 10.7. The molecule has 0 atom stereocenters. The van der Waals surface area contributed by atoms with Crippen LogP contribution in [0.4, 0.5) is 0 Å². The minimum absolute atomic E-state index is 0.0920. The monoisotopic (exact) mass is 634 g/mol. The third kappa shape index (κ3) is 4.77. The van der Waals surface area contributed by atoms with Gasteiger partial charge in [-0.3, -0.25) is 0 Å². The van der Waals surface area contributed by atoms with Gasteiger partial charge in [-0.05, 0) is 64.5 Å². The summed E-state index contributed by atoms with van der Waals surface area (Å²) in [5, 5.41) is 5.04. The number of aromatic nitrogens is 4. The van der Waals surface area contributed by atoms with Crippen molar-refractivity contribution in [3.05, 3.63) is 145 Å². The Bertz CT molecular complexity index is 2480. The van der Waals surface area contributed by atoms with E-state index < -0.39 is 0 Å². The number of rotatable bonds is 4. The van der Waals surface area contributed by atoms with Crippen LogP contribution in [0.1, 0.15) is 51.7 Å².